The topological polar surface area (TPSA) is 247 Å². The molecule has 0 saturated carbocycles. The van der Waals surface area contributed by atoms with Crippen LogP contribution in [0.3, 0.4) is 0 Å². The lowest BCUT2D eigenvalue weighted by Crippen LogP contribution is -2.50. The molecule has 1 aliphatic heterocycles. The third kappa shape index (κ3) is 6.06. The van der Waals surface area contributed by atoms with Gasteiger partial charge in [0.25, 0.3) is 5.85 Å². The summed E-state index contributed by atoms with van der Waals surface area (Å²) in [6.07, 6.45) is 1.20. The zero-order chi connectivity index (χ0) is 24.8. The number of ether oxygens (including phenoxy) is 1. The Labute approximate surface area is 181 Å². The molecule has 1 aromatic heterocycles. The van der Waals surface area contributed by atoms with Gasteiger partial charge in [0.2, 0.25) is 5.60 Å². The van der Waals surface area contributed by atoms with Gasteiger partial charge in [0.05, 0.1) is 0 Å². The highest BCUT2D eigenvalue weighted by atomic mass is 32.1. The average molecular weight is 542 g/mol. The minimum absolute atomic E-state index is 0.0618. The van der Waals surface area contributed by atoms with Gasteiger partial charge in [0.1, 0.15) is 11.2 Å². The van der Waals surface area contributed by atoms with Crippen molar-refractivity contribution in [1.82, 2.24) is 9.55 Å². The van der Waals surface area contributed by atoms with Crippen LogP contribution in [-0.2, 0) is 31.6 Å². The first-order valence-electron chi connectivity index (χ1n) is 7.69. The van der Waals surface area contributed by atoms with Crippen LogP contribution in [0.2, 0.25) is 0 Å². The third-order valence-electron chi connectivity index (χ3n) is 3.68. The molecular formula is C11H14FN2O14P3S. The van der Waals surface area contributed by atoms with Gasteiger partial charge in [0, 0.05) is 6.20 Å². The van der Waals surface area contributed by atoms with E-state index >= 15 is 4.39 Å². The maximum atomic E-state index is 15.2. The zero-order valence-electron chi connectivity index (χ0n) is 15.1. The van der Waals surface area contributed by atoms with Crippen LogP contribution in [0.5, 0.6) is 0 Å². The number of aromatic amines is 1. The molecule has 0 radical (unpaired) electrons. The Morgan fingerprint density at radius 2 is 1.88 bits per heavy atom. The highest BCUT2D eigenvalue weighted by Crippen LogP contribution is 2.66. The normalized spacial score (nSPS) is 32.1. The second-order valence-corrected chi connectivity index (χ2v) is 10.9. The summed E-state index contributed by atoms with van der Waals surface area (Å²) in [5.41, 5.74) is -4.00. The van der Waals surface area contributed by atoms with Gasteiger partial charge in [0.15, 0.2) is 12.3 Å². The van der Waals surface area contributed by atoms with Crippen molar-refractivity contribution in [2.45, 2.75) is 23.8 Å². The molecule has 7 N–H and O–H groups in total. The van der Waals surface area contributed by atoms with E-state index in [4.69, 9.17) is 38.1 Å². The molecule has 2 heterocycles. The molecule has 1 aliphatic rings. The molecule has 1 saturated heterocycles. The maximum Gasteiger partial charge on any atom is 0.490 e. The number of nitrogens with zero attached hydrogens (tertiary/aromatic N) is 1. The van der Waals surface area contributed by atoms with Crippen LogP contribution >= 0.6 is 35.7 Å². The highest BCUT2D eigenvalue weighted by Gasteiger charge is 2.65. The molecule has 21 heteroatoms. The number of terminal acetylenes is 1. The molecule has 16 nitrogen and oxygen atoms in total. The number of hydrogen-bond donors (Lipinski definition) is 7. The molecule has 0 aromatic carbocycles. The van der Waals surface area contributed by atoms with E-state index in [0.717, 1.165) is 12.3 Å². The quantitative estimate of drug-likeness (QED) is 0.120. The van der Waals surface area contributed by atoms with E-state index < -0.39 is 59.6 Å². The maximum absolute atomic E-state index is 15.2. The fourth-order valence-electron chi connectivity index (χ4n) is 2.42. The summed E-state index contributed by atoms with van der Waals surface area (Å²) in [6.45, 7) is -1.81. The van der Waals surface area contributed by atoms with E-state index in [1.54, 1.807) is 5.92 Å². The largest absolute Gasteiger partial charge is 0.490 e. The molecule has 0 aliphatic carbocycles. The molecular weight excluding hydrogens is 528 g/mol. The van der Waals surface area contributed by atoms with E-state index in [9.17, 15) is 33.6 Å². The monoisotopic (exact) mass is 542 g/mol. The van der Waals surface area contributed by atoms with Crippen LogP contribution < -0.4 is 5.69 Å². The van der Waals surface area contributed by atoms with Crippen LogP contribution in [-0.4, -0.2) is 63.5 Å². The molecule has 1 aromatic rings. The molecule has 6 atom stereocenters. The number of phosphoric acid groups is 3. The van der Waals surface area contributed by atoms with Crippen LogP contribution in [0.1, 0.15) is 6.23 Å². The Bertz CT molecular complexity index is 1190. The Morgan fingerprint density at radius 3 is 2.38 bits per heavy atom. The average Bonchev–Trinajstić information content (AvgIpc) is 2.80. The second kappa shape index (κ2) is 8.91. The minimum atomic E-state index is -5.90. The molecule has 0 amide bonds. The van der Waals surface area contributed by atoms with E-state index in [-0.39, 0.29) is 4.64 Å². The number of aromatic nitrogens is 2. The van der Waals surface area contributed by atoms with Crippen molar-refractivity contribution in [3.63, 3.8) is 0 Å². The van der Waals surface area contributed by atoms with Crippen molar-refractivity contribution in [2.24, 2.45) is 0 Å². The van der Waals surface area contributed by atoms with Gasteiger partial charge in [-0.2, -0.15) is 8.62 Å². The number of aliphatic hydroxyl groups excluding tert-OH is 1. The zero-order valence-corrected chi connectivity index (χ0v) is 18.6. The van der Waals surface area contributed by atoms with E-state index in [1.165, 1.54) is 0 Å². The number of alkyl halides is 1. The number of aliphatic hydroxyl groups is 2. The summed E-state index contributed by atoms with van der Waals surface area (Å²) in [5.74, 6) is -1.99. The molecule has 2 rings (SSSR count). The number of H-pyrrole nitrogens is 1. The number of halogens is 1. The van der Waals surface area contributed by atoms with Crippen molar-refractivity contribution < 1.29 is 65.8 Å². The van der Waals surface area contributed by atoms with Crippen molar-refractivity contribution in [1.29, 1.82) is 0 Å². The molecule has 0 spiro atoms. The first kappa shape index (κ1) is 27.1. The standard InChI is InChI=1S/C11H14FN2O14P3S/c1-2-10(17)7(15)11(12,26-8(10)14-4-3-6(32)13-9(14)16)5-25-30(21,22)28-31(23,24)27-29(18,19)20/h1,3-4,7-8,15,17H,5H2,(H,21,22)(H,23,24)(H,13,16,32)(H2,18,19,20)/t7?,8-,10-,11-/m1/s1. The van der Waals surface area contributed by atoms with Gasteiger partial charge < -0.3 is 34.5 Å². The summed E-state index contributed by atoms with van der Waals surface area (Å²) in [6, 6.07) is 1.12. The second-order valence-electron chi connectivity index (χ2n) is 6.01. The Hall–Kier alpha value is -1.12. The summed E-state index contributed by atoms with van der Waals surface area (Å²) in [7, 11) is -17.4. The first-order valence-corrected chi connectivity index (χ1v) is 12.6. The number of phosphoric ester groups is 1. The van der Waals surface area contributed by atoms with E-state index in [2.05, 4.69) is 18.1 Å². The Balaban J connectivity index is 2.28. The van der Waals surface area contributed by atoms with E-state index in [0.29, 0.717) is 4.57 Å². The van der Waals surface area contributed by atoms with Gasteiger partial charge in [-0.05, 0) is 6.07 Å². The molecule has 0 bridgehead atoms. The number of hydrogen-bond acceptors (Lipinski definition) is 11. The number of rotatable bonds is 8. The molecule has 32 heavy (non-hydrogen) atoms. The van der Waals surface area contributed by atoms with Crippen molar-refractivity contribution in [3.05, 3.63) is 27.4 Å². The predicted molar refractivity (Wildman–Crippen MR) is 99.5 cm³/mol. The van der Waals surface area contributed by atoms with Gasteiger partial charge in [-0.3, -0.25) is 14.1 Å². The van der Waals surface area contributed by atoms with Gasteiger partial charge >= 0.3 is 29.2 Å². The summed E-state index contributed by atoms with van der Waals surface area (Å²) < 4.78 is 65.0. The smallest absolute Gasteiger partial charge is 0.383 e. The highest BCUT2D eigenvalue weighted by molar-refractivity contribution is 7.71. The lowest BCUT2D eigenvalue weighted by Gasteiger charge is -2.26. The fourth-order valence-corrected chi connectivity index (χ4v) is 5.60. The van der Waals surface area contributed by atoms with Crippen LogP contribution in [0.15, 0.2) is 17.1 Å². The van der Waals surface area contributed by atoms with E-state index in [1.807, 2.05) is 0 Å². The lowest BCUT2D eigenvalue weighted by molar-refractivity contribution is -0.204. The Morgan fingerprint density at radius 1 is 1.28 bits per heavy atom. The van der Waals surface area contributed by atoms with Gasteiger partial charge in [-0.15, -0.1) is 6.42 Å². The van der Waals surface area contributed by atoms with Crippen molar-refractivity contribution in [2.75, 3.05) is 6.61 Å². The summed E-state index contributed by atoms with van der Waals surface area (Å²) in [5, 5.41) is 20.7. The first-order chi connectivity index (χ1) is 14.3. The number of nitrogens with one attached hydrogen (secondary N) is 1. The summed E-state index contributed by atoms with van der Waals surface area (Å²) >= 11 is 4.72. The van der Waals surface area contributed by atoms with Crippen molar-refractivity contribution >= 4 is 35.7 Å². The fraction of sp³-hybridized carbons (Fsp3) is 0.455. The lowest BCUT2D eigenvalue weighted by atomic mass is 9.94. The van der Waals surface area contributed by atoms with Gasteiger partial charge in [-0.1, -0.05) is 18.1 Å². The van der Waals surface area contributed by atoms with Crippen LogP contribution in [0, 0.1) is 17.0 Å². The predicted octanol–water partition coefficient (Wildman–Crippen LogP) is -0.831. The molecule has 3 unspecified atom stereocenters. The molecule has 180 valence electrons. The SMILES string of the molecule is C#C[C@@]1(O)C(O)[C@@](F)(COP(=O)(O)OP(=O)(O)OP(=O)(O)O)O[C@H]1n1ccc(=S)[nH]c1=O. The van der Waals surface area contributed by atoms with Crippen LogP contribution in [0.25, 0.3) is 0 Å². The Kier molecular flexibility index (Phi) is 7.56. The van der Waals surface area contributed by atoms with Gasteiger partial charge in [-0.25, -0.2) is 22.9 Å². The molecule has 1 fully saturated rings. The van der Waals surface area contributed by atoms with Crippen LogP contribution in [0.4, 0.5) is 4.39 Å². The summed E-state index contributed by atoms with van der Waals surface area (Å²) in [4.78, 5) is 49.6. The minimum Gasteiger partial charge on any atom is -0.383 e. The van der Waals surface area contributed by atoms with Crippen molar-refractivity contribution in [3.8, 4) is 12.3 Å². The third-order valence-corrected chi connectivity index (χ3v) is 7.71.